The number of pyridine rings is 1. The molecule has 0 N–H and O–H groups in total. The van der Waals surface area contributed by atoms with Gasteiger partial charge in [-0.25, -0.2) is 4.98 Å². The van der Waals surface area contributed by atoms with Crippen molar-refractivity contribution < 1.29 is 4.74 Å². The quantitative estimate of drug-likeness (QED) is 0.851. The highest BCUT2D eigenvalue weighted by Gasteiger charge is 2.35. The maximum absolute atomic E-state index is 5.49. The van der Waals surface area contributed by atoms with Crippen LogP contribution in [0.2, 0.25) is 0 Å². The Balaban J connectivity index is 1.54. The molecule has 116 valence electrons. The van der Waals surface area contributed by atoms with Crippen LogP contribution in [0.4, 0.5) is 5.82 Å². The lowest BCUT2D eigenvalue weighted by atomic mass is 10.0. The number of para-hydroxylation sites is 1. The Hall–Kier alpha value is -1.65. The van der Waals surface area contributed by atoms with Crippen LogP contribution in [0.5, 0.6) is 0 Å². The Bertz CT molecular complexity index is 654. The number of hydrogen-bond acceptors (Lipinski definition) is 4. The zero-order valence-electron chi connectivity index (χ0n) is 13.1. The lowest BCUT2D eigenvalue weighted by molar-refractivity contribution is 0.0134. The van der Waals surface area contributed by atoms with Gasteiger partial charge in [0, 0.05) is 37.6 Å². The van der Waals surface area contributed by atoms with Gasteiger partial charge in [-0.15, -0.1) is 0 Å². The third kappa shape index (κ3) is 2.57. The third-order valence-corrected chi connectivity index (χ3v) is 5.00. The Morgan fingerprint density at radius 2 is 1.86 bits per heavy atom. The van der Waals surface area contributed by atoms with Gasteiger partial charge in [-0.2, -0.15) is 0 Å². The third-order valence-electron chi connectivity index (χ3n) is 5.00. The number of benzene rings is 1. The number of aromatic nitrogens is 1. The van der Waals surface area contributed by atoms with Gasteiger partial charge in [0.1, 0.15) is 5.82 Å². The Kier molecular flexibility index (Phi) is 3.72. The summed E-state index contributed by atoms with van der Waals surface area (Å²) in [6.45, 7) is 8.40. The molecule has 0 amide bonds. The number of anilines is 1. The largest absolute Gasteiger partial charge is 0.379 e. The van der Waals surface area contributed by atoms with E-state index in [-0.39, 0.29) is 0 Å². The molecule has 0 aliphatic carbocycles. The fraction of sp³-hybridized carbons (Fsp3) is 0.500. The van der Waals surface area contributed by atoms with Gasteiger partial charge in [0.2, 0.25) is 0 Å². The summed E-state index contributed by atoms with van der Waals surface area (Å²) in [6.07, 6.45) is 0. The van der Waals surface area contributed by atoms with Crippen molar-refractivity contribution in [3.63, 3.8) is 0 Å². The van der Waals surface area contributed by atoms with Gasteiger partial charge in [0.25, 0.3) is 0 Å². The van der Waals surface area contributed by atoms with Crippen molar-refractivity contribution in [3.05, 3.63) is 36.4 Å². The molecule has 0 unspecified atom stereocenters. The van der Waals surface area contributed by atoms with Gasteiger partial charge in [-0.05, 0) is 24.1 Å². The van der Waals surface area contributed by atoms with Crippen molar-refractivity contribution in [3.8, 4) is 0 Å². The van der Waals surface area contributed by atoms with E-state index in [4.69, 9.17) is 9.72 Å². The summed E-state index contributed by atoms with van der Waals surface area (Å²) < 4.78 is 5.49. The molecule has 0 radical (unpaired) electrons. The molecule has 4 nitrogen and oxygen atoms in total. The van der Waals surface area contributed by atoms with Crippen LogP contribution in [0.3, 0.4) is 0 Å². The SMILES string of the molecule is C[C@@H]1CN(c2ccc3ccccc3n2)C[C@H]1N1CCOCC1. The van der Waals surface area contributed by atoms with Crippen molar-refractivity contribution in [1.29, 1.82) is 0 Å². The number of rotatable bonds is 2. The van der Waals surface area contributed by atoms with E-state index in [1.54, 1.807) is 0 Å². The normalized spacial score (nSPS) is 26.7. The minimum Gasteiger partial charge on any atom is -0.379 e. The molecule has 0 saturated carbocycles. The summed E-state index contributed by atoms with van der Waals surface area (Å²) in [4.78, 5) is 9.89. The molecule has 2 aliphatic heterocycles. The average Bonchev–Trinajstić information content (AvgIpc) is 2.97. The zero-order valence-corrected chi connectivity index (χ0v) is 13.1. The molecule has 4 heteroatoms. The Morgan fingerprint density at radius 1 is 1.05 bits per heavy atom. The first kappa shape index (κ1) is 14.0. The number of hydrogen-bond donors (Lipinski definition) is 0. The summed E-state index contributed by atoms with van der Waals surface area (Å²) in [7, 11) is 0. The standard InChI is InChI=1S/C18H23N3O/c1-14-12-21(13-17(14)20-8-10-22-11-9-20)18-7-6-15-4-2-3-5-16(15)19-18/h2-7,14,17H,8-13H2,1H3/t14-,17-/m1/s1. The first-order valence-electron chi connectivity index (χ1n) is 8.24. The van der Waals surface area contributed by atoms with Crippen LogP contribution >= 0.6 is 0 Å². The van der Waals surface area contributed by atoms with Gasteiger partial charge >= 0.3 is 0 Å². The van der Waals surface area contributed by atoms with Crippen LogP contribution < -0.4 is 4.90 Å². The summed E-state index contributed by atoms with van der Waals surface area (Å²) in [5.41, 5.74) is 1.09. The molecular weight excluding hydrogens is 274 g/mol. The molecule has 2 atom stereocenters. The van der Waals surface area contributed by atoms with Gasteiger partial charge in [0.15, 0.2) is 0 Å². The molecular formula is C18H23N3O. The number of ether oxygens (including phenoxy) is 1. The molecule has 2 aliphatic rings. The maximum Gasteiger partial charge on any atom is 0.129 e. The van der Waals surface area contributed by atoms with Gasteiger partial charge in [-0.1, -0.05) is 25.1 Å². The number of nitrogens with zero attached hydrogens (tertiary/aromatic N) is 3. The summed E-state index contributed by atoms with van der Waals surface area (Å²) in [5, 5.41) is 1.21. The van der Waals surface area contributed by atoms with E-state index in [1.807, 2.05) is 0 Å². The van der Waals surface area contributed by atoms with Crippen LogP contribution in [-0.4, -0.2) is 55.3 Å². The lowest BCUT2D eigenvalue weighted by Gasteiger charge is -2.34. The maximum atomic E-state index is 5.49. The molecule has 3 heterocycles. The fourth-order valence-corrected chi connectivity index (χ4v) is 3.75. The molecule has 4 rings (SSSR count). The molecule has 1 aromatic carbocycles. The van der Waals surface area contributed by atoms with E-state index in [2.05, 4.69) is 53.1 Å². The van der Waals surface area contributed by atoms with Gasteiger partial charge < -0.3 is 9.64 Å². The van der Waals surface area contributed by atoms with Crippen molar-refractivity contribution in [2.45, 2.75) is 13.0 Å². The second-order valence-corrected chi connectivity index (χ2v) is 6.46. The van der Waals surface area contributed by atoms with E-state index < -0.39 is 0 Å². The second kappa shape index (κ2) is 5.86. The van der Waals surface area contributed by atoms with Crippen LogP contribution in [-0.2, 0) is 4.74 Å². The summed E-state index contributed by atoms with van der Waals surface area (Å²) in [6, 6.07) is 13.3. The van der Waals surface area contributed by atoms with Crippen LogP contribution in [0.15, 0.2) is 36.4 Å². The van der Waals surface area contributed by atoms with E-state index in [1.165, 1.54) is 5.39 Å². The number of fused-ring (bicyclic) bond motifs is 1. The first-order valence-corrected chi connectivity index (χ1v) is 8.24. The van der Waals surface area contributed by atoms with E-state index >= 15 is 0 Å². The highest BCUT2D eigenvalue weighted by Crippen LogP contribution is 2.27. The predicted octanol–water partition coefficient (Wildman–Crippen LogP) is 2.39. The first-order chi connectivity index (χ1) is 10.8. The number of morpholine rings is 1. The molecule has 2 fully saturated rings. The Morgan fingerprint density at radius 3 is 2.73 bits per heavy atom. The molecule has 0 spiro atoms. The van der Waals surface area contributed by atoms with Crippen LogP contribution in [0.1, 0.15) is 6.92 Å². The highest BCUT2D eigenvalue weighted by molar-refractivity contribution is 5.80. The van der Waals surface area contributed by atoms with Crippen LogP contribution in [0.25, 0.3) is 10.9 Å². The van der Waals surface area contributed by atoms with Crippen LogP contribution in [0, 0.1) is 5.92 Å². The van der Waals surface area contributed by atoms with E-state index in [9.17, 15) is 0 Å². The summed E-state index contributed by atoms with van der Waals surface area (Å²) >= 11 is 0. The predicted molar refractivity (Wildman–Crippen MR) is 89.3 cm³/mol. The monoisotopic (exact) mass is 297 g/mol. The fourth-order valence-electron chi connectivity index (χ4n) is 3.75. The van der Waals surface area contributed by atoms with Gasteiger partial charge in [0.05, 0.1) is 18.7 Å². The molecule has 1 aromatic heterocycles. The molecule has 0 bridgehead atoms. The van der Waals surface area contributed by atoms with Crippen molar-refractivity contribution in [2.75, 3.05) is 44.3 Å². The van der Waals surface area contributed by atoms with Crippen molar-refractivity contribution >= 4 is 16.7 Å². The second-order valence-electron chi connectivity index (χ2n) is 6.46. The lowest BCUT2D eigenvalue weighted by Crippen LogP contribution is -2.46. The van der Waals surface area contributed by atoms with E-state index in [0.29, 0.717) is 12.0 Å². The Labute approximate surface area is 131 Å². The van der Waals surface area contributed by atoms with E-state index in [0.717, 1.165) is 50.7 Å². The smallest absolute Gasteiger partial charge is 0.129 e. The zero-order chi connectivity index (χ0) is 14.9. The van der Waals surface area contributed by atoms with Crippen molar-refractivity contribution in [2.24, 2.45) is 5.92 Å². The average molecular weight is 297 g/mol. The molecule has 2 saturated heterocycles. The minimum absolute atomic E-state index is 0.622. The topological polar surface area (TPSA) is 28.6 Å². The molecule has 22 heavy (non-hydrogen) atoms. The van der Waals surface area contributed by atoms with Gasteiger partial charge in [-0.3, -0.25) is 4.90 Å². The van der Waals surface area contributed by atoms with Crippen molar-refractivity contribution in [1.82, 2.24) is 9.88 Å². The molecule has 2 aromatic rings. The highest BCUT2D eigenvalue weighted by atomic mass is 16.5. The summed E-state index contributed by atoms with van der Waals surface area (Å²) in [5.74, 6) is 1.78. The minimum atomic E-state index is 0.622.